The Morgan fingerprint density at radius 3 is 2.63 bits per heavy atom. The number of amides is 1. The van der Waals surface area contributed by atoms with Gasteiger partial charge in [0.2, 0.25) is 0 Å². The topological polar surface area (TPSA) is 87.2 Å². The lowest BCUT2D eigenvalue weighted by Crippen LogP contribution is -2.49. The molecule has 1 aromatic heterocycles. The Labute approximate surface area is 184 Å². The SMILES string of the molecule is CCOC(=O)NC(CNC(=NC)NCC(c1cccs1)N1CCOCC1)CC(C)C. The van der Waals surface area contributed by atoms with Crippen LogP contribution in [0.4, 0.5) is 4.79 Å². The summed E-state index contributed by atoms with van der Waals surface area (Å²) >= 11 is 1.78. The van der Waals surface area contributed by atoms with Gasteiger partial charge in [0.15, 0.2) is 5.96 Å². The van der Waals surface area contributed by atoms with Gasteiger partial charge in [0.05, 0.1) is 25.9 Å². The second-order valence-corrected chi connectivity index (χ2v) is 8.68. The molecule has 9 heteroatoms. The van der Waals surface area contributed by atoms with Gasteiger partial charge in [-0.2, -0.15) is 0 Å². The quantitative estimate of drug-likeness (QED) is 0.383. The number of alkyl carbamates (subject to hydrolysis) is 1. The van der Waals surface area contributed by atoms with E-state index in [1.807, 2.05) is 0 Å². The van der Waals surface area contributed by atoms with Gasteiger partial charge in [0, 0.05) is 44.1 Å². The number of aliphatic imine (C=N–C) groups is 1. The molecule has 30 heavy (non-hydrogen) atoms. The fraction of sp³-hybridized carbons (Fsp3) is 0.714. The Bertz CT molecular complexity index is 633. The van der Waals surface area contributed by atoms with Crippen molar-refractivity contribution in [3.8, 4) is 0 Å². The van der Waals surface area contributed by atoms with E-state index in [1.165, 1.54) is 4.88 Å². The standard InChI is InChI=1S/C21H37N5O3S/c1-5-29-21(27)25-17(13-16(2)3)14-23-20(22-4)24-15-18(19-7-6-12-30-19)26-8-10-28-11-9-26/h6-7,12,16-18H,5,8-11,13-15H2,1-4H3,(H,25,27)(H2,22,23,24). The summed E-state index contributed by atoms with van der Waals surface area (Å²) in [6.07, 6.45) is 0.479. The minimum atomic E-state index is -0.377. The molecule has 0 saturated carbocycles. The Kier molecular flexibility index (Phi) is 11.0. The van der Waals surface area contributed by atoms with Crippen molar-refractivity contribution in [1.29, 1.82) is 0 Å². The highest BCUT2D eigenvalue weighted by atomic mass is 32.1. The first kappa shape index (κ1) is 24.4. The van der Waals surface area contributed by atoms with Crippen LogP contribution in [0.3, 0.4) is 0 Å². The molecule has 0 bridgehead atoms. The van der Waals surface area contributed by atoms with E-state index in [-0.39, 0.29) is 18.2 Å². The van der Waals surface area contributed by atoms with Gasteiger partial charge in [-0.15, -0.1) is 11.3 Å². The third-order valence-corrected chi connectivity index (χ3v) is 5.89. The van der Waals surface area contributed by atoms with Crippen molar-refractivity contribution in [2.45, 2.75) is 39.3 Å². The van der Waals surface area contributed by atoms with Gasteiger partial charge in [-0.1, -0.05) is 19.9 Å². The van der Waals surface area contributed by atoms with Crippen LogP contribution in [0, 0.1) is 5.92 Å². The Hall–Kier alpha value is -1.84. The molecule has 1 amide bonds. The number of carbonyl (C=O) groups is 1. The number of nitrogens with zero attached hydrogens (tertiary/aromatic N) is 2. The van der Waals surface area contributed by atoms with Gasteiger partial charge >= 0.3 is 6.09 Å². The van der Waals surface area contributed by atoms with Crippen molar-refractivity contribution in [3.63, 3.8) is 0 Å². The summed E-state index contributed by atoms with van der Waals surface area (Å²) in [6.45, 7) is 11.2. The van der Waals surface area contributed by atoms with Crippen LogP contribution < -0.4 is 16.0 Å². The van der Waals surface area contributed by atoms with Gasteiger partial charge in [0.25, 0.3) is 0 Å². The molecule has 1 saturated heterocycles. The number of morpholine rings is 1. The first-order chi connectivity index (χ1) is 14.5. The van der Waals surface area contributed by atoms with Crippen molar-refractivity contribution < 1.29 is 14.3 Å². The van der Waals surface area contributed by atoms with Crippen LogP contribution in [0.2, 0.25) is 0 Å². The Morgan fingerprint density at radius 2 is 2.03 bits per heavy atom. The molecular formula is C21H37N5O3S. The normalized spacial score (nSPS) is 17.4. The van der Waals surface area contributed by atoms with E-state index in [1.54, 1.807) is 25.3 Å². The number of nitrogens with one attached hydrogen (secondary N) is 3. The van der Waals surface area contributed by atoms with Crippen molar-refractivity contribution in [1.82, 2.24) is 20.9 Å². The van der Waals surface area contributed by atoms with Crippen LogP contribution >= 0.6 is 11.3 Å². The fourth-order valence-corrected chi connectivity index (χ4v) is 4.38. The lowest BCUT2D eigenvalue weighted by Gasteiger charge is -2.34. The minimum absolute atomic E-state index is 0.0325. The molecule has 170 valence electrons. The van der Waals surface area contributed by atoms with E-state index >= 15 is 0 Å². The van der Waals surface area contributed by atoms with E-state index in [2.05, 4.69) is 57.2 Å². The molecule has 0 aromatic carbocycles. The lowest BCUT2D eigenvalue weighted by atomic mass is 10.0. The van der Waals surface area contributed by atoms with Crippen LogP contribution in [0.25, 0.3) is 0 Å². The molecule has 2 unspecified atom stereocenters. The molecule has 0 aliphatic carbocycles. The molecule has 3 N–H and O–H groups in total. The van der Waals surface area contributed by atoms with Crippen LogP contribution in [0.5, 0.6) is 0 Å². The van der Waals surface area contributed by atoms with Crippen molar-refractivity contribution in [2.75, 3.05) is 53.0 Å². The van der Waals surface area contributed by atoms with Gasteiger partial charge in [-0.05, 0) is 30.7 Å². The fourth-order valence-electron chi connectivity index (χ4n) is 3.52. The van der Waals surface area contributed by atoms with Crippen molar-refractivity contribution in [3.05, 3.63) is 22.4 Å². The van der Waals surface area contributed by atoms with Crippen LogP contribution in [0.1, 0.15) is 38.1 Å². The van der Waals surface area contributed by atoms with Crippen LogP contribution in [0.15, 0.2) is 22.5 Å². The van der Waals surface area contributed by atoms with Crippen molar-refractivity contribution >= 4 is 23.4 Å². The molecule has 1 aromatic rings. The van der Waals surface area contributed by atoms with Gasteiger partial charge in [-0.25, -0.2) is 4.79 Å². The predicted octanol–water partition coefficient (Wildman–Crippen LogP) is 2.45. The average Bonchev–Trinajstić information content (AvgIpc) is 3.25. The molecule has 0 radical (unpaired) electrons. The zero-order chi connectivity index (χ0) is 21.8. The van der Waals surface area contributed by atoms with E-state index < -0.39 is 0 Å². The number of hydrogen-bond acceptors (Lipinski definition) is 6. The second kappa shape index (κ2) is 13.5. The molecule has 1 aliphatic heterocycles. The summed E-state index contributed by atoms with van der Waals surface area (Å²) in [6, 6.07) is 4.52. The number of guanidine groups is 1. The zero-order valence-corrected chi connectivity index (χ0v) is 19.5. The lowest BCUT2D eigenvalue weighted by molar-refractivity contribution is 0.0177. The number of hydrogen-bond donors (Lipinski definition) is 3. The van der Waals surface area contributed by atoms with Crippen LogP contribution in [-0.4, -0.2) is 76.0 Å². The van der Waals surface area contributed by atoms with Gasteiger partial charge in [-0.3, -0.25) is 9.89 Å². The summed E-state index contributed by atoms with van der Waals surface area (Å²) < 4.78 is 10.6. The largest absolute Gasteiger partial charge is 0.450 e. The predicted molar refractivity (Wildman–Crippen MR) is 122 cm³/mol. The maximum Gasteiger partial charge on any atom is 0.407 e. The summed E-state index contributed by atoms with van der Waals surface area (Å²) in [7, 11) is 1.76. The Balaban J connectivity index is 1.91. The smallest absolute Gasteiger partial charge is 0.407 e. The summed E-state index contributed by atoms with van der Waals surface area (Å²) in [5.41, 5.74) is 0. The van der Waals surface area contributed by atoms with E-state index in [0.717, 1.165) is 45.2 Å². The molecule has 8 nitrogen and oxygen atoms in total. The van der Waals surface area contributed by atoms with Gasteiger partial charge in [0.1, 0.15) is 0 Å². The monoisotopic (exact) mass is 439 g/mol. The zero-order valence-electron chi connectivity index (χ0n) is 18.6. The third-order valence-electron chi connectivity index (χ3n) is 4.91. The first-order valence-corrected chi connectivity index (χ1v) is 11.6. The molecule has 0 spiro atoms. The maximum absolute atomic E-state index is 11.8. The molecule has 1 aliphatic rings. The average molecular weight is 440 g/mol. The van der Waals surface area contributed by atoms with Crippen LogP contribution in [-0.2, 0) is 9.47 Å². The number of carbonyl (C=O) groups excluding carboxylic acids is 1. The second-order valence-electron chi connectivity index (χ2n) is 7.70. The minimum Gasteiger partial charge on any atom is -0.450 e. The van der Waals surface area contributed by atoms with Gasteiger partial charge < -0.3 is 25.4 Å². The van der Waals surface area contributed by atoms with E-state index in [4.69, 9.17) is 9.47 Å². The molecule has 1 fully saturated rings. The summed E-state index contributed by atoms with van der Waals surface area (Å²) in [5, 5.41) is 11.9. The molecule has 2 heterocycles. The molecular weight excluding hydrogens is 402 g/mol. The van der Waals surface area contributed by atoms with E-state index in [0.29, 0.717) is 19.1 Å². The Morgan fingerprint density at radius 1 is 1.30 bits per heavy atom. The maximum atomic E-state index is 11.8. The highest BCUT2D eigenvalue weighted by Gasteiger charge is 2.24. The highest BCUT2D eigenvalue weighted by molar-refractivity contribution is 7.10. The summed E-state index contributed by atoms with van der Waals surface area (Å²) in [4.78, 5) is 20.0. The highest BCUT2D eigenvalue weighted by Crippen LogP contribution is 2.25. The summed E-state index contributed by atoms with van der Waals surface area (Å²) in [5.74, 6) is 1.18. The molecule has 2 atom stereocenters. The van der Waals surface area contributed by atoms with Crippen molar-refractivity contribution in [2.24, 2.45) is 10.9 Å². The molecule has 2 rings (SSSR count). The first-order valence-electron chi connectivity index (χ1n) is 10.8. The number of rotatable bonds is 10. The third kappa shape index (κ3) is 8.49. The van der Waals surface area contributed by atoms with E-state index in [9.17, 15) is 4.79 Å². The number of thiophene rings is 1. The number of ether oxygens (including phenoxy) is 2.